The number of nitrogens with zero attached hydrogens (tertiary/aromatic N) is 1. The van der Waals surface area contributed by atoms with Crippen molar-refractivity contribution in [1.82, 2.24) is 0 Å². The van der Waals surface area contributed by atoms with Crippen molar-refractivity contribution in [1.29, 1.82) is 0 Å². The molecule has 24 heavy (non-hydrogen) atoms. The molecule has 4 heteroatoms. The summed E-state index contributed by atoms with van der Waals surface area (Å²) < 4.78 is 0. The Morgan fingerprint density at radius 3 is 2.54 bits per heavy atom. The highest BCUT2D eigenvalue weighted by molar-refractivity contribution is 7.13. The summed E-state index contributed by atoms with van der Waals surface area (Å²) in [4.78, 5) is 19.4. The van der Waals surface area contributed by atoms with Crippen LogP contribution in [0.1, 0.15) is 25.7 Å². The first-order chi connectivity index (χ1) is 11.6. The number of benzene rings is 2. The number of rotatable bonds is 4. The van der Waals surface area contributed by atoms with Crippen LogP contribution in [-0.4, -0.2) is 12.1 Å². The number of carbonyl (C=O) groups excluding carboxylic acids is 1. The van der Waals surface area contributed by atoms with E-state index >= 15 is 0 Å². The second-order valence-electron chi connectivity index (χ2n) is 5.55. The minimum atomic E-state index is -0.153. The van der Waals surface area contributed by atoms with Gasteiger partial charge in [-0.15, -0.1) is 11.3 Å². The molecule has 3 aromatic rings. The van der Waals surface area contributed by atoms with E-state index in [-0.39, 0.29) is 5.91 Å². The lowest BCUT2D eigenvalue weighted by atomic mass is 10.1. The van der Waals surface area contributed by atoms with Crippen LogP contribution in [0.3, 0.4) is 0 Å². The van der Waals surface area contributed by atoms with Crippen LogP contribution >= 0.6 is 11.3 Å². The maximum Gasteiger partial charge on any atom is 0.257 e. The first-order valence-corrected chi connectivity index (χ1v) is 8.51. The van der Waals surface area contributed by atoms with Crippen molar-refractivity contribution in [3.8, 4) is 0 Å². The second kappa shape index (κ2) is 7.23. The standard InChI is InChI=1S/C20H18N2OS/c1-14-8-11-19(21-13-17-10-9-15(2)24-17)18(12-14)20(23)22-16-6-4-3-5-7-16/h3-13H,1-2H3,(H,22,23). The van der Waals surface area contributed by atoms with Gasteiger partial charge < -0.3 is 5.32 Å². The second-order valence-corrected chi connectivity index (χ2v) is 6.87. The number of hydrogen-bond donors (Lipinski definition) is 1. The zero-order valence-electron chi connectivity index (χ0n) is 13.6. The van der Waals surface area contributed by atoms with Gasteiger partial charge >= 0.3 is 0 Å². The highest BCUT2D eigenvalue weighted by Gasteiger charge is 2.11. The minimum Gasteiger partial charge on any atom is -0.322 e. The number of nitrogens with one attached hydrogen (secondary N) is 1. The van der Waals surface area contributed by atoms with E-state index in [1.165, 1.54) is 4.88 Å². The fourth-order valence-electron chi connectivity index (χ4n) is 2.32. The summed E-state index contributed by atoms with van der Waals surface area (Å²) in [5.74, 6) is -0.153. The number of aliphatic imine (C=N–C) groups is 1. The predicted octanol–water partition coefficient (Wildman–Crippen LogP) is 5.37. The zero-order chi connectivity index (χ0) is 16.9. The van der Waals surface area contributed by atoms with E-state index in [1.54, 1.807) is 11.3 Å². The third-order valence-electron chi connectivity index (χ3n) is 3.52. The number of hydrogen-bond acceptors (Lipinski definition) is 3. The Morgan fingerprint density at radius 1 is 1.04 bits per heavy atom. The van der Waals surface area contributed by atoms with Crippen molar-refractivity contribution in [3.05, 3.63) is 81.5 Å². The van der Waals surface area contributed by atoms with Crippen molar-refractivity contribution < 1.29 is 4.79 Å². The predicted molar refractivity (Wildman–Crippen MR) is 102 cm³/mol. The summed E-state index contributed by atoms with van der Waals surface area (Å²) in [6.07, 6.45) is 1.81. The molecule has 0 atom stereocenters. The number of amides is 1. The molecule has 1 amide bonds. The van der Waals surface area contributed by atoms with Crippen LogP contribution in [-0.2, 0) is 0 Å². The Balaban J connectivity index is 1.87. The molecule has 1 heterocycles. The third-order valence-corrected chi connectivity index (χ3v) is 4.46. The first-order valence-electron chi connectivity index (χ1n) is 7.69. The summed E-state index contributed by atoms with van der Waals surface area (Å²) in [6, 6.07) is 19.2. The topological polar surface area (TPSA) is 41.5 Å². The lowest BCUT2D eigenvalue weighted by Gasteiger charge is -2.08. The van der Waals surface area contributed by atoms with E-state index in [2.05, 4.69) is 23.3 Å². The molecule has 0 radical (unpaired) electrons. The normalized spacial score (nSPS) is 10.9. The summed E-state index contributed by atoms with van der Waals surface area (Å²) in [6.45, 7) is 4.03. The maximum atomic E-state index is 12.6. The average molecular weight is 334 g/mol. The fourth-order valence-corrected chi connectivity index (χ4v) is 3.07. The van der Waals surface area contributed by atoms with Crippen molar-refractivity contribution >= 4 is 34.8 Å². The molecule has 3 rings (SSSR count). The Morgan fingerprint density at radius 2 is 1.83 bits per heavy atom. The van der Waals surface area contributed by atoms with Crippen molar-refractivity contribution in [3.63, 3.8) is 0 Å². The number of para-hydroxylation sites is 1. The lowest BCUT2D eigenvalue weighted by Crippen LogP contribution is -2.12. The van der Waals surface area contributed by atoms with Gasteiger partial charge in [0, 0.05) is 21.7 Å². The van der Waals surface area contributed by atoms with E-state index in [9.17, 15) is 4.79 Å². The molecule has 0 saturated carbocycles. The van der Waals surface area contributed by atoms with E-state index in [1.807, 2.05) is 67.7 Å². The van der Waals surface area contributed by atoms with Crippen LogP contribution in [0.25, 0.3) is 0 Å². The van der Waals surface area contributed by atoms with Gasteiger partial charge in [0.2, 0.25) is 0 Å². The van der Waals surface area contributed by atoms with E-state index in [4.69, 9.17) is 0 Å². The van der Waals surface area contributed by atoms with Crippen LogP contribution in [0.4, 0.5) is 11.4 Å². The Hall–Kier alpha value is -2.72. The Kier molecular flexibility index (Phi) is 4.87. The zero-order valence-corrected chi connectivity index (χ0v) is 14.4. The molecule has 2 aromatic carbocycles. The van der Waals surface area contributed by atoms with E-state index < -0.39 is 0 Å². The van der Waals surface area contributed by atoms with Gasteiger partial charge in [0.15, 0.2) is 0 Å². The van der Waals surface area contributed by atoms with Crippen molar-refractivity contribution in [2.45, 2.75) is 13.8 Å². The fraction of sp³-hybridized carbons (Fsp3) is 0.100. The van der Waals surface area contributed by atoms with Gasteiger partial charge in [-0.2, -0.15) is 0 Å². The smallest absolute Gasteiger partial charge is 0.257 e. The molecule has 120 valence electrons. The molecule has 0 aliphatic rings. The van der Waals surface area contributed by atoms with Gasteiger partial charge in [0.1, 0.15) is 0 Å². The number of carbonyl (C=O) groups is 1. The van der Waals surface area contributed by atoms with Gasteiger partial charge in [-0.1, -0.05) is 29.8 Å². The van der Waals surface area contributed by atoms with Crippen molar-refractivity contribution in [2.24, 2.45) is 4.99 Å². The number of anilines is 1. The molecule has 0 aliphatic carbocycles. The van der Waals surface area contributed by atoms with Crippen molar-refractivity contribution in [2.75, 3.05) is 5.32 Å². The molecular weight excluding hydrogens is 316 g/mol. The summed E-state index contributed by atoms with van der Waals surface area (Å²) >= 11 is 1.68. The van der Waals surface area contributed by atoms with Gasteiger partial charge in [-0.25, -0.2) is 0 Å². The van der Waals surface area contributed by atoms with Gasteiger partial charge in [0.25, 0.3) is 5.91 Å². The van der Waals surface area contributed by atoms with Crippen LogP contribution in [0, 0.1) is 13.8 Å². The molecule has 1 N–H and O–H groups in total. The van der Waals surface area contributed by atoms with E-state index in [0.29, 0.717) is 11.3 Å². The molecule has 3 nitrogen and oxygen atoms in total. The molecule has 1 aromatic heterocycles. The van der Waals surface area contributed by atoms with Gasteiger partial charge in [-0.3, -0.25) is 9.79 Å². The lowest BCUT2D eigenvalue weighted by molar-refractivity contribution is 0.102. The Labute approximate surface area is 145 Å². The van der Waals surface area contributed by atoms with Gasteiger partial charge in [0.05, 0.1) is 11.3 Å². The SMILES string of the molecule is Cc1ccc(N=Cc2ccc(C)s2)c(C(=O)Nc2ccccc2)c1. The quantitative estimate of drug-likeness (QED) is 0.640. The molecule has 0 unspecified atom stereocenters. The molecule has 0 saturated heterocycles. The summed E-state index contributed by atoms with van der Waals surface area (Å²) in [7, 11) is 0. The van der Waals surface area contributed by atoms with Crippen LogP contribution in [0.2, 0.25) is 0 Å². The minimum absolute atomic E-state index is 0.153. The molecule has 0 fully saturated rings. The summed E-state index contributed by atoms with van der Waals surface area (Å²) in [5, 5.41) is 2.92. The molecule has 0 spiro atoms. The highest BCUT2D eigenvalue weighted by atomic mass is 32.1. The summed E-state index contributed by atoms with van der Waals surface area (Å²) in [5.41, 5.74) is 3.04. The van der Waals surface area contributed by atoms with Crippen LogP contribution in [0.5, 0.6) is 0 Å². The monoisotopic (exact) mass is 334 g/mol. The Bertz CT molecular complexity index is 882. The average Bonchev–Trinajstić information content (AvgIpc) is 3.00. The van der Waals surface area contributed by atoms with Gasteiger partial charge in [-0.05, 0) is 50.2 Å². The highest BCUT2D eigenvalue weighted by Crippen LogP contribution is 2.23. The molecule has 0 bridgehead atoms. The van der Waals surface area contributed by atoms with E-state index in [0.717, 1.165) is 16.1 Å². The number of thiophene rings is 1. The third kappa shape index (κ3) is 3.97. The van der Waals surface area contributed by atoms with Crippen LogP contribution < -0.4 is 5.32 Å². The first kappa shape index (κ1) is 16.1. The maximum absolute atomic E-state index is 12.6. The van der Waals surface area contributed by atoms with Crippen LogP contribution in [0.15, 0.2) is 65.7 Å². The molecule has 0 aliphatic heterocycles. The number of aryl methyl sites for hydroxylation is 2. The molecular formula is C20H18N2OS. The largest absolute Gasteiger partial charge is 0.322 e.